The number of amides is 1. The van der Waals surface area contributed by atoms with Crippen LogP contribution in [0.3, 0.4) is 0 Å². The average Bonchev–Trinajstić information content (AvgIpc) is 2.42. The van der Waals surface area contributed by atoms with Gasteiger partial charge in [-0.2, -0.15) is 5.26 Å². The van der Waals surface area contributed by atoms with Crippen LogP contribution in [0.2, 0.25) is 5.15 Å². The number of aromatic nitrogens is 1. The van der Waals surface area contributed by atoms with E-state index >= 15 is 0 Å². The van der Waals surface area contributed by atoms with Crippen molar-refractivity contribution in [1.29, 1.82) is 5.26 Å². The minimum atomic E-state index is -1.000. The Hall–Kier alpha value is -1.52. The molecular weight excluding hydrogens is 348 g/mol. The van der Waals surface area contributed by atoms with Gasteiger partial charge in [0.1, 0.15) is 17.0 Å². The van der Waals surface area contributed by atoms with Gasteiger partial charge in [-0.05, 0) is 34.8 Å². The van der Waals surface area contributed by atoms with E-state index in [0.717, 1.165) is 0 Å². The smallest absolute Gasteiger partial charge is 0.404 e. The van der Waals surface area contributed by atoms with Crippen LogP contribution in [0.15, 0.2) is 10.5 Å². The predicted octanol–water partition coefficient (Wildman–Crippen LogP) is 2.61. The van der Waals surface area contributed by atoms with Crippen LogP contribution in [0, 0.1) is 11.3 Å². The molecule has 0 radical (unpaired) electrons. The van der Waals surface area contributed by atoms with Crippen LogP contribution in [-0.4, -0.2) is 35.3 Å². The van der Waals surface area contributed by atoms with Crippen molar-refractivity contribution in [1.82, 2.24) is 10.3 Å². The van der Waals surface area contributed by atoms with E-state index in [9.17, 15) is 4.79 Å². The predicted molar refractivity (Wildman–Crippen MR) is 78.1 cm³/mol. The van der Waals surface area contributed by atoms with E-state index in [2.05, 4.69) is 32.3 Å². The van der Waals surface area contributed by atoms with Crippen LogP contribution in [0.25, 0.3) is 0 Å². The molecule has 2 N–H and O–H groups in total. The molecule has 2 heterocycles. The summed E-state index contributed by atoms with van der Waals surface area (Å²) < 4.78 is 0.493. The second-order valence-corrected chi connectivity index (χ2v) is 5.61. The molecule has 0 bridgehead atoms. The molecule has 8 heteroatoms. The summed E-state index contributed by atoms with van der Waals surface area (Å²) in [4.78, 5) is 16.8. The van der Waals surface area contributed by atoms with Crippen molar-refractivity contribution in [3.8, 4) is 6.07 Å². The molecule has 106 valence electrons. The first kappa shape index (κ1) is 14.9. The Bertz CT molecular complexity index is 567. The van der Waals surface area contributed by atoms with Crippen LogP contribution in [0.1, 0.15) is 18.4 Å². The number of nitrogens with one attached hydrogen (secondary N) is 1. The van der Waals surface area contributed by atoms with Crippen molar-refractivity contribution in [3.63, 3.8) is 0 Å². The maximum Gasteiger partial charge on any atom is 0.404 e. The van der Waals surface area contributed by atoms with E-state index in [1.807, 2.05) is 4.90 Å². The summed E-state index contributed by atoms with van der Waals surface area (Å²) in [6, 6.07) is 3.71. The number of nitriles is 1. The van der Waals surface area contributed by atoms with E-state index < -0.39 is 6.09 Å². The fraction of sp³-hybridized carbons (Fsp3) is 0.417. The molecule has 6 nitrogen and oxygen atoms in total. The average molecular weight is 360 g/mol. The standard InChI is InChI=1S/C12H12BrClN4O2/c13-10-7(6-15)5-9(17-11(10)14)18-3-1-8(2-4-18)16-12(19)20/h5,8,16H,1-4H2,(H,19,20). The maximum atomic E-state index is 10.6. The highest BCUT2D eigenvalue weighted by Crippen LogP contribution is 2.29. The Morgan fingerprint density at radius 2 is 2.25 bits per heavy atom. The molecule has 1 amide bonds. The molecule has 0 atom stereocenters. The number of piperidine rings is 1. The second-order valence-electron chi connectivity index (χ2n) is 4.46. The second kappa shape index (κ2) is 6.29. The number of rotatable bonds is 2. The van der Waals surface area contributed by atoms with Gasteiger partial charge < -0.3 is 15.3 Å². The van der Waals surface area contributed by atoms with Gasteiger partial charge in [-0.15, -0.1) is 0 Å². The first-order valence-electron chi connectivity index (χ1n) is 6.02. The number of halogens is 2. The summed E-state index contributed by atoms with van der Waals surface area (Å²) in [7, 11) is 0. The molecule has 0 saturated carbocycles. The Morgan fingerprint density at radius 3 is 2.80 bits per heavy atom. The summed E-state index contributed by atoms with van der Waals surface area (Å²) in [5.41, 5.74) is 0.436. The Balaban J connectivity index is 2.09. The number of carbonyl (C=O) groups is 1. The molecule has 0 aliphatic carbocycles. The van der Waals surface area contributed by atoms with Crippen LogP contribution in [0.5, 0.6) is 0 Å². The van der Waals surface area contributed by atoms with Crippen molar-refractivity contribution in [3.05, 3.63) is 21.3 Å². The Morgan fingerprint density at radius 1 is 1.60 bits per heavy atom. The topological polar surface area (TPSA) is 89.2 Å². The van der Waals surface area contributed by atoms with Crippen molar-refractivity contribution >= 4 is 39.4 Å². The number of nitrogens with zero attached hydrogens (tertiary/aromatic N) is 3. The monoisotopic (exact) mass is 358 g/mol. The molecule has 1 aromatic rings. The highest BCUT2D eigenvalue weighted by Gasteiger charge is 2.22. The number of hydrogen-bond acceptors (Lipinski definition) is 4. The molecule has 1 aliphatic heterocycles. The third-order valence-electron chi connectivity index (χ3n) is 3.17. The quantitative estimate of drug-likeness (QED) is 0.792. The zero-order valence-corrected chi connectivity index (χ0v) is 12.8. The maximum absolute atomic E-state index is 10.6. The van der Waals surface area contributed by atoms with Crippen LogP contribution >= 0.6 is 27.5 Å². The van der Waals surface area contributed by atoms with Gasteiger partial charge in [0.25, 0.3) is 0 Å². The van der Waals surface area contributed by atoms with Crippen LogP contribution in [-0.2, 0) is 0 Å². The van der Waals surface area contributed by atoms with Gasteiger partial charge in [0, 0.05) is 19.1 Å². The lowest BCUT2D eigenvalue weighted by Crippen LogP contribution is -2.44. The molecule has 0 aromatic carbocycles. The van der Waals surface area contributed by atoms with Crippen LogP contribution in [0.4, 0.5) is 10.6 Å². The lowest BCUT2D eigenvalue weighted by Gasteiger charge is -2.32. The minimum Gasteiger partial charge on any atom is -0.465 e. The normalized spacial score (nSPS) is 15.8. The zero-order valence-electron chi connectivity index (χ0n) is 10.4. The van der Waals surface area contributed by atoms with E-state index in [0.29, 0.717) is 41.8 Å². The molecule has 20 heavy (non-hydrogen) atoms. The van der Waals surface area contributed by atoms with Gasteiger partial charge in [-0.3, -0.25) is 0 Å². The first-order valence-corrected chi connectivity index (χ1v) is 7.19. The van der Waals surface area contributed by atoms with Crippen LogP contribution < -0.4 is 10.2 Å². The summed E-state index contributed by atoms with van der Waals surface area (Å²) in [6.07, 6.45) is 0.396. The third kappa shape index (κ3) is 3.32. The highest BCUT2D eigenvalue weighted by atomic mass is 79.9. The first-order chi connectivity index (χ1) is 9.51. The number of carboxylic acid groups (broad SMARTS) is 1. The number of pyridine rings is 1. The minimum absolute atomic E-state index is 0.0369. The summed E-state index contributed by atoms with van der Waals surface area (Å²) in [5, 5.41) is 20.5. The van der Waals surface area contributed by atoms with Gasteiger partial charge in [-0.25, -0.2) is 9.78 Å². The van der Waals surface area contributed by atoms with Crippen molar-refractivity contribution in [2.45, 2.75) is 18.9 Å². The molecule has 1 aliphatic rings. The molecule has 1 fully saturated rings. The van der Waals surface area contributed by atoms with E-state index in [4.69, 9.17) is 22.0 Å². The lowest BCUT2D eigenvalue weighted by molar-refractivity contribution is 0.187. The highest BCUT2D eigenvalue weighted by molar-refractivity contribution is 9.10. The van der Waals surface area contributed by atoms with E-state index in [-0.39, 0.29) is 11.2 Å². The largest absolute Gasteiger partial charge is 0.465 e. The van der Waals surface area contributed by atoms with Gasteiger partial charge in [-0.1, -0.05) is 11.6 Å². The van der Waals surface area contributed by atoms with Crippen molar-refractivity contribution in [2.24, 2.45) is 0 Å². The molecule has 2 rings (SSSR count). The summed E-state index contributed by atoms with van der Waals surface area (Å²) >= 11 is 9.21. The van der Waals surface area contributed by atoms with E-state index in [1.165, 1.54) is 0 Å². The number of anilines is 1. The summed E-state index contributed by atoms with van der Waals surface area (Å²) in [6.45, 7) is 1.33. The Kier molecular flexibility index (Phi) is 4.68. The fourth-order valence-corrected chi connectivity index (χ4v) is 2.64. The SMILES string of the molecule is N#Cc1cc(N2CCC(NC(=O)O)CC2)nc(Cl)c1Br. The third-order valence-corrected chi connectivity index (χ3v) is 4.48. The molecular formula is C12H12BrClN4O2. The van der Waals surface area contributed by atoms with E-state index in [1.54, 1.807) is 6.07 Å². The Labute approximate surface area is 129 Å². The molecule has 1 aromatic heterocycles. The van der Waals surface area contributed by atoms with Gasteiger partial charge in [0.15, 0.2) is 0 Å². The zero-order chi connectivity index (χ0) is 14.7. The summed E-state index contributed by atoms with van der Waals surface area (Å²) in [5.74, 6) is 0.642. The molecule has 0 spiro atoms. The fourth-order valence-electron chi connectivity index (χ4n) is 2.16. The van der Waals surface area contributed by atoms with Gasteiger partial charge in [0.2, 0.25) is 0 Å². The van der Waals surface area contributed by atoms with Crippen molar-refractivity contribution in [2.75, 3.05) is 18.0 Å². The van der Waals surface area contributed by atoms with Gasteiger partial charge in [0.05, 0.1) is 10.0 Å². The molecule has 0 unspecified atom stereocenters. The lowest BCUT2D eigenvalue weighted by atomic mass is 10.1. The molecule has 1 saturated heterocycles. The van der Waals surface area contributed by atoms with Gasteiger partial charge >= 0.3 is 6.09 Å². The number of hydrogen-bond donors (Lipinski definition) is 2. The van der Waals surface area contributed by atoms with Crippen molar-refractivity contribution < 1.29 is 9.90 Å².